The van der Waals surface area contributed by atoms with Crippen molar-refractivity contribution in [3.05, 3.63) is 34.6 Å². The fourth-order valence-electron chi connectivity index (χ4n) is 3.12. The molecule has 1 aliphatic carbocycles. The second-order valence-electron chi connectivity index (χ2n) is 5.98. The molecular weight excluding hydrogens is 281 g/mol. The van der Waals surface area contributed by atoms with Crippen molar-refractivity contribution in [3.8, 4) is 0 Å². The van der Waals surface area contributed by atoms with Crippen molar-refractivity contribution in [1.82, 2.24) is 4.90 Å². The smallest absolute Gasteiger partial charge is 0.256 e. The number of benzene rings is 1. The van der Waals surface area contributed by atoms with Crippen LogP contribution in [0.15, 0.2) is 18.2 Å². The van der Waals surface area contributed by atoms with Gasteiger partial charge in [-0.25, -0.2) is 4.39 Å². The van der Waals surface area contributed by atoms with Crippen LogP contribution in [0.1, 0.15) is 30.1 Å². The molecule has 0 bridgehead atoms. The van der Waals surface area contributed by atoms with Gasteiger partial charge in [-0.2, -0.15) is 0 Å². The van der Waals surface area contributed by atoms with Crippen LogP contribution in [0.3, 0.4) is 0 Å². The Bertz CT molecular complexity index is 561. The first-order chi connectivity index (χ1) is 9.41. The molecule has 3 rings (SSSR count). The van der Waals surface area contributed by atoms with E-state index in [2.05, 4.69) is 0 Å². The van der Waals surface area contributed by atoms with Gasteiger partial charge < -0.3 is 10.0 Å². The molecule has 1 aromatic carbocycles. The largest absolute Gasteiger partial charge is 0.387 e. The molecule has 2 atom stereocenters. The first-order valence-corrected chi connectivity index (χ1v) is 7.26. The Balaban J connectivity index is 1.81. The predicted molar refractivity (Wildman–Crippen MR) is 74.2 cm³/mol. The van der Waals surface area contributed by atoms with E-state index in [0.29, 0.717) is 13.1 Å². The standard InChI is InChI=1S/C15H17ClFNO2/c1-9-7-18(8-15(9,20)10-2-3-10)14(19)12-5-4-11(16)6-13(12)17/h4-6,9-10,20H,2-3,7-8H2,1H3. The Morgan fingerprint density at radius 2 is 2.20 bits per heavy atom. The fraction of sp³-hybridized carbons (Fsp3) is 0.533. The highest BCUT2D eigenvalue weighted by molar-refractivity contribution is 6.30. The Hall–Kier alpha value is -1.13. The fourth-order valence-corrected chi connectivity index (χ4v) is 3.28. The summed E-state index contributed by atoms with van der Waals surface area (Å²) in [6.07, 6.45) is 2.02. The molecule has 0 aromatic heterocycles. The van der Waals surface area contributed by atoms with Gasteiger partial charge in [0.1, 0.15) is 5.82 Å². The minimum atomic E-state index is -0.807. The quantitative estimate of drug-likeness (QED) is 0.912. The zero-order valence-electron chi connectivity index (χ0n) is 11.3. The van der Waals surface area contributed by atoms with Gasteiger partial charge in [0.15, 0.2) is 0 Å². The van der Waals surface area contributed by atoms with E-state index >= 15 is 0 Å². The normalized spacial score (nSPS) is 29.8. The minimum Gasteiger partial charge on any atom is -0.387 e. The Kier molecular flexibility index (Phi) is 3.26. The summed E-state index contributed by atoms with van der Waals surface area (Å²) in [5.41, 5.74) is -0.792. The lowest BCUT2D eigenvalue weighted by Crippen LogP contribution is -2.40. The van der Waals surface area contributed by atoms with Gasteiger partial charge in [0.05, 0.1) is 17.7 Å². The highest BCUT2D eigenvalue weighted by Gasteiger charge is 2.53. The zero-order chi connectivity index (χ0) is 14.5. The molecule has 0 radical (unpaired) electrons. The van der Waals surface area contributed by atoms with Crippen molar-refractivity contribution in [2.75, 3.05) is 13.1 Å². The summed E-state index contributed by atoms with van der Waals surface area (Å²) < 4.78 is 13.8. The van der Waals surface area contributed by atoms with Crippen molar-refractivity contribution < 1.29 is 14.3 Å². The molecule has 0 spiro atoms. The molecule has 108 valence electrons. The van der Waals surface area contributed by atoms with Crippen molar-refractivity contribution in [2.45, 2.75) is 25.4 Å². The van der Waals surface area contributed by atoms with Crippen LogP contribution < -0.4 is 0 Å². The Morgan fingerprint density at radius 3 is 2.80 bits per heavy atom. The molecule has 1 aliphatic heterocycles. The van der Waals surface area contributed by atoms with E-state index in [4.69, 9.17) is 11.6 Å². The zero-order valence-corrected chi connectivity index (χ0v) is 12.0. The molecule has 1 aromatic rings. The molecule has 2 unspecified atom stereocenters. The maximum absolute atomic E-state index is 13.8. The van der Waals surface area contributed by atoms with Gasteiger partial charge in [-0.3, -0.25) is 4.79 Å². The summed E-state index contributed by atoms with van der Waals surface area (Å²) >= 11 is 5.69. The number of hydrogen-bond acceptors (Lipinski definition) is 2. The van der Waals surface area contributed by atoms with E-state index in [-0.39, 0.29) is 28.3 Å². The van der Waals surface area contributed by atoms with Crippen molar-refractivity contribution in [3.63, 3.8) is 0 Å². The molecule has 1 N–H and O–H groups in total. The first kappa shape index (κ1) is 13.8. The number of nitrogens with zero attached hydrogens (tertiary/aromatic N) is 1. The third kappa shape index (κ3) is 2.21. The SMILES string of the molecule is CC1CN(C(=O)c2ccc(Cl)cc2F)CC1(O)C1CC1. The average molecular weight is 298 g/mol. The summed E-state index contributed by atoms with van der Waals surface area (Å²) in [4.78, 5) is 13.9. The number of rotatable bonds is 2. The van der Waals surface area contributed by atoms with Crippen molar-refractivity contribution >= 4 is 17.5 Å². The number of carbonyl (C=O) groups excluding carboxylic acids is 1. The van der Waals surface area contributed by atoms with Crippen LogP contribution >= 0.6 is 11.6 Å². The predicted octanol–water partition coefficient (Wildman–Crippen LogP) is 2.71. The second kappa shape index (κ2) is 4.71. The molecule has 2 aliphatic rings. The van der Waals surface area contributed by atoms with Gasteiger partial charge >= 0.3 is 0 Å². The van der Waals surface area contributed by atoms with E-state index in [1.165, 1.54) is 12.1 Å². The van der Waals surface area contributed by atoms with Gasteiger partial charge in [0.2, 0.25) is 0 Å². The maximum atomic E-state index is 13.8. The molecule has 1 saturated carbocycles. The monoisotopic (exact) mass is 297 g/mol. The molecule has 1 heterocycles. The maximum Gasteiger partial charge on any atom is 0.256 e. The number of hydrogen-bond donors (Lipinski definition) is 1. The summed E-state index contributed by atoms with van der Waals surface area (Å²) in [5, 5.41) is 10.9. The summed E-state index contributed by atoms with van der Waals surface area (Å²) in [6.45, 7) is 2.71. The van der Waals surface area contributed by atoms with Crippen LogP contribution in [0.4, 0.5) is 4.39 Å². The van der Waals surface area contributed by atoms with Crippen LogP contribution in [-0.2, 0) is 0 Å². The van der Waals surface area contributed by atoms with Crippen LogP contribution in [-0.4, -0.2) is 34.6 Å². The molecule has 1 saturated heterocycles. The van der Waals surface area contributed by atoms with Gasteiger partial charge in [-0.15, -0.1) is 0 Å². The number of amides is 1. The molecule has 5 heteroatoms. The molecule has 2 fully saturated rings. The van der Waals surface area contributed by atoms with E-state index in [1.807, 2.05) is 6.92 Å². The lowest BCUT2D eigenvalue weighted by atomic mass is 9.88. The van der Waals surface area contributed by atoms with Crippen molar-refractivity contribution in [1.29, 1.82) is 0 Å². The van der Waals surface area contributed by atoms with E-state index in [1.54, 1.807) is 4.90 Å². The third-order valence-corrected chi connectivity index (χ3v) is 4.76. The third-order valence-electron chi connectivity index (χ3n) is 4.52. The summed E-state index contributed by atoms with van der Waals surface area (Å²) in [5.74, 6) is -0.681. The number of halogens is 2. The van der Waals surface area contributed by atoms with Crippen LogP contribution in [0, 0.1) is 17.7 Å². The van der Waals surface area contributed by atoms with Gasteiger partial charge in [0, 0.05) is 17.5 Å². The lowest BCUT2D eigenvalue weighted by Gasteiger charge is -2.26. The van der Waals surface area contributed by atoms with Crippen LogP contribution in [0.2, 0.25) is 5.02 Å². The summed E-state index contributed by atoms with van der Waals surface area (Å²) in [6, 6.07) is 4.05. The summed E-state index contributed by atoms with van der Waals surface area (Å²) in [7, 11) is 0. The van der Waals surface area contributed by atoms with Crippen molar-refractivity contribution in [2.24, 2.45) is 11.8 Å². The van der Waals surface area contributed by atoms with Crippen LogP contribution in [0.5, 0.6) is 0 Å². The highest BCUT2D eigenvalue weighted by atomic mass is 35.5. The molecule has 1 amide bonds. The number of aliphatic hydroxyl groups is 1. The van der Waals surface area contributed by atoms with Gasteiger partial charge in [0.25, 0.3) is 5.91 Å². The van der Waals surface area contributed by atoms with Gasteiger partial charge in [-0.1, -0.05) is 18.5 Å². The topological polar surface area (TPSA) is 40.5 Å². The van der Waals surface area contributed by atoms with E-state index < -0.39 is 11.4 Å². The second-order valence-corrected chi connectivity index (χ2v) is 6.41. The molecule has 3 nitrogen and oxygen atoms in total. The van der Waals surface area contributed by atoms with Crippen LogP contribution in [0.25, 0.3) is 0 Å². The molecule has 20 heavy (non-hydrogen) atoms. The average Bonchev–Trinajstić information content (AvgIpc) is 3.17. The first-order valence-electron chi connectivity index (χ1n) is 6.88. The number of β-amino-alcohol motifs (C(OH)–C–C–N with tert-alkyl or cyclic N) is 1. The van der Waals surface area contributed by atoms with E-state index in [0.717, 1.165) is 18.9 Å². The lowest BCUT2D eigenvalue weighted by molar-refractivity contribution is -0.00367. The Labute approximate surface area is 122 Å². The Morgan fingerprint density at radius 1 is 1.50 bits per heavy atom. The minimum absolute atomic E-state index is 0.0154. The number of carbonyl (C=O) groups is 1. The number of likely N-dealkylation sites (tertiary alicyclic amines) is 1. The van der Waals surface area contributed by atoms with E-state index in [9.17, 15) is 14.3 Å². The molecular formula is C15H17ClFNO2. The highest BCUT2D eigenvalue weighted by Crippen LogP contribution is 2.47. The van der Waals surface area contributed by atoms with Gasteiger partial charge in [-0.05, 0) is 37.0 Å².